The molecule has 0 radical (unpaired) electrons. The predicted octanol–water partition coefficient (Wildman–Crippen LogP) is 4.20. The maximum Gasteiger partial charge on any atom is 0.233 e. The van der Waals surface area contributed by atoms with Crippen molar-refractivity contribution in [3.8, 4) is 32.9 Å². The fourth-order valence-corrected chi connectivity index (χ4v) is 3.63. The van der Waals surface area contributed by atoms with Gasteiger partial charge in [-0.1, -0.05) is 34.5 Å². The van der Waals surface area contributed by atoms with E-state index in [1.165, 1.54) is 23.5 Å². The Kier molecular flexibility index (Phi) is 7.43. The van der Waals surface area contributed by atoms with Crippen LogP contribution in [0.4, 0.5) is 4.39 Å². The van der Waals surface area contributed by atoms with Crippen LogP contribution in [0.15, 0.2) is 24.3 Å². The second-order valence-corrected chi connectivity index (χ2v) is 8.37. The van der Waals surface area contributed by atoms with E-state index >= 15 is 0 Å². The maximum absolute atomic E-state index is 14.4. The summed E-state index contributed by atoms with van der Waals surface area (Å²) >= 11 is 13.6. The summed E-state index contributed by atoms with van der Waals surface area (Å²) in [5.41, 5.74) is 6.45. The quantitative estimate of drug-likeness (QED) is 0.506. The Morgan fingerprint density at radius 3 is 2.60 bits per heavy atom. The lowest BCUT2D eigenvalue weighted by Gasteiger charge is -2.12. The summed E-state index contributed by atoms with van der Waals surface area (Å²) < 4.78 is 25.3. The molecule has 0 fully saturated rings. The Balaban J connectivity index is 1.87. The zero-order valence-corrected chi connectivity index (χ0v) is 18.4. The van der Waals surface area contributed by atoms with Gasteiger partial charge >= 0.3 is 0 Å². The highest BCUT2D eigenvalue weighted by Crippen LogP contribution is 2.37. The Morgan fingerprint density at radius 2 is 1.90 bits per heavy atom. The van der Waals surface area contributed by atoms with Crippen LogP contribution in [0.2, 0.25) is 10.0 Å². The third-order valence-corrected chi connectivity index (χ3v) is 5.32. The number of aromatic nitrogens is 3. The van der Waals surface area contributed by atoms with E-state index in [1.807, 2.05) is 13.8 Å². The molecule has 1 aromatic carbocycles. The summed E-state index contributed by atoms with van der Waals surface area (Å²) in [6.45, 7) is 3.42. The first kappa shape index (κ1) is 22.6. The number of nitrogens with zero attached hydrogens (tertiary/aromatic N) is 3. The molecule has 2 heterocycles. The first-order chi connectivity index (χ1) is 14.3. The van der Waals surface area contributed by atoms with Gasteiger partial charge in [0.2, 0.25) is 5.88 Å². The number of halogens is 3. The Hall–Kier alpha value is -2.04. The fraction of sp³-hybridized carbons (Fsp3) is 0.316. The van der Waals surface area contributed by atoms with E-state index in [4.69, 9.17) is 43.5 Å². The predicted molar refractivity (Wildman–Crippen MR) is 115 cm³/mol. The van der Waals surface area contributed by atoms with Gasteiger partial charge in [-0.05, 0) is 32.0 Å². The third-order valence-electron chi connectivity index (χ3n) is 3.74. The molecule has 1 atom stereocenters. The molecule has 0 amide bonds. The fourth-order valence-electron chi connectivity index (χ4n) is 2.34. The number of ether oxygens (including phenoxy) is 2. The van der Waals surface area contributed by atoms with Gasteiger partial charge in [0.25, 0.3) is 0 Å². The molecule has 30 heavy (non-hydrogen) atoms. The number of aliphatic hydroxyl groups is 1. The smallest absolute Gasteiger partial charge is 0.233 e. The molecular formula is C19H19Cl2FN4O3S. The lowest BCUT2D eigenvalue weighted by Crippen LogP contribution is -2.31. The second-order valence-electron chi connectivity index (χ2n) is 6.58. The van der Waals surface area contributed by atoms with Crippen molar-refractivity contribution in [2.24, 2.45) is 5.73 Å². The summed E-state index contributed by atoms with van der Waals surface area (Å²) in [5.74, 6) is -0.395. The van der Waals surface area contributed by atoms with Crippen LogP contribution in [0.25, 0.3) is 21.3 Å². The topological polar surface area (TPSA) is 103 Å². The van der Waals surface area contributed by atoms with Crippen LogP contribution in [0.3, 0.4) is 0 Å². The number of hydrogen-bond donors (Lipinski definition) is 2. The van der Waals surface area contributed by atoms with E-state index in [9.17, 15) is 4.39 Å². The molecule has 3 aromatic rings. The van der Waals surface area contributed by atoms with Crippen molar-refractivity contribution in [3.63, 3.8) is 0 Å². The van der Waals surface area contributed by atoms with E-state index in [0.717, 1.165) is 0 Å². The minimum atomic E-state index is -0.631. The normalized spacial score (nSPS) is 12.3. The lowest BCUT2D eigenvalue weighted by molar-refractivity contribution is 0.202. The minimum Gasteiger partial charge on any atom is -0.489 e. The van der Waals surface area contributed by atoms with Gasteiger partial charge < -0.3 is 20.3 Å². The first-order valence-electron chi connectivity index (χ1n) is 8.94. The van der Waals surface area contributed by atoms with Gasteiger partial charge in [0.15, 0.2) is 16.6 Å². The highest BCUT2D eigenvalue weighted by Gasteiger charge is 2.18. The van der Waals surface area contributed by atoms with Crippen LogP contribution >= 0.6 is 34.5 Å². The third kappa shape index (κ3) is 5.35. The van der Waals surface area contributed by atoms with Crippen LogP contribution in [0.5, 0.6) is 11.6 Å². The van der Waals surface area contributed by atoms with Gasteiger partial charge in [0, 0.05) is 11.6 Å². The largest absolute Gasteiger partial charge is 0.489 e. The van der Waals surface area contributed by atoms with Crippen LogP contribution in [0.1, 0.15) is 13.8 Å². The zero-order valence-electron chi connectivity index (χ0n) is 16.1. The monoisotopic (exact) mass is 472 g/mol. The Bertz CT molecular complexity index is 1040. The van der Waals surface area contributed by atoms with Gasteiger partial charge in [-0.3, -0.25) is 0 Å². The zero-order chi connectivity index (χ0) is 21.8. The van der Waals surface area contributed by atoms with Gasteiger partial charge in [0.1, 0.15) is 22.3 Å². The summed E-state index contributed by atoms with van der Waals surface area (Å²) in [6, 6.07) is 5.30. The van der Waals surface area contributed by atoms with Gasteiger partial charge in [-0.2, -0.15) is 0 Å². The molecule has 0 saturated carbocycles. The number of rotatable bonds is 8. The van der Waals surface area contributed by atoms with Gasteiger partial charge in [0.05, 0.1) is 23.8 Å². The van der Waals surface area contributed by atoms with Crippen molar-refractivity contribution >= 4 is 34.5 Å². The Labute approximate surface area is 186 Å². The van der Waals surface area contributed by atoms with Crippen LogP contribution < -0.4 is 15.2 Å². The summed E-state index contributed by atoms with van der Waals surface area (Å²) in [5, 5.41) is 18.7. The standard InChI is InChI=1S/C19H19Cl2FN4O3S/c1-9(2)29-17-12(20)3-4-15(24-17)19-26-25-18(30-19)11-5-14(22)16(6-13(11)21)28-8-10(23)7-27/h3-6,9-10,27H,7-8,23H2,1-2H3/t10-/m1/s1. The molecular weight excluding hydrogens is 454 g/mol. The molecule has 0 saturated heterocycles. The maximum atomic E-state index is 14.4. The number of pyridine rings is 1. The van der Waals surface area contributed by atoms with Crippen molar-refractivity contribution in [3.05, 3.63) is 40.1 Å². The number of benzene rings is 1. The van der Waals surface area contributed by atoms with Crippen LogP contribution in [-0.4, -0.2) is 45.6 Å². The Morgan fingerprint density at radius 1 is 1.17 bits per heavy atom. The van der Waals surface area contributed by atoms with Crippen LogP contribution in [-0.2, 0) is 0 Å². The molecule has 0 bridgehead atoms. The molecule has 11 heteroatoms. The summed E-state index contributed by atoms with van der Waals surface area (Å²) in [4.78, 5) is 4.39. The van der Waals surface area contributed by atoms with E-state index in [2.05, 4.69) is 15.2 Å². The van der Waals surface area contributed by atoms with Crippen LogP contribution in [0, 0.1) is 5.82 Å². The molecule has 3 rings (SSSR count). The van der Waals surface area contributed by atoms with Crippen molar-refractivity contribution in [1.82, 2.24) is 15.2 Å². The molecule has 3 N–H and O–H groups in total. The molecule has 160 valence electrons. The highest BCUT2D eigenvalue weighted by atomic mass is 35.5. The highest BCUT2D eigenvalue weighted by molar-refractivity contribution is 7.18. The van der Waals surface area contributed by atoms with E-state index in [0.29, 0.717) is 32.2 Å². The second kappa shape index (κ2) is 9.84. The van der Waals surface area contributed by atoms with E-state index in [-0.39, 0.29) is 30.1 Å². The van der Waals surface area contributed by atoms with Crippen molar-refractivity contribution in [1.29, 1.82) is 0 Å². The summed E-state index contributed by atoms with van der Waals surface area (Å²) in [6.07, 6.45) is -0.0929. The molecule has 0 unspecified atom stereocenters. The molecule has 0 spiro atoms. The molecule has 0 aliphatic heterocycles. The average molecular weight is 473 g/mol. The number of nitrogens with two attached hydrogens (primary N) is 1. The van der Waals surface area contributed by atoms with Crippen molar-refractivity contribution in [2.45, 2.75) is 26.0 Å². The van der Waals surface area contributed by atoms with Gasteiger partial charge in [-0.25, -0.2) is 9.37 Å². The van der Waals surface area contributed by atoms with E-state index in [1.54, 1.807) is 12.1 Å². The number of aliphatic hydroxyl groups excluding tert-OH is 1. The van der Waals surface area contributed by atoms with E-state index < -0.39 is 11.9 Å². The summed E-state index contributed by atoms with van der Waals surface area (Å²) in [7, 11) is 0. The lowest BCUT2D eigenvalue weighted by atomic mass is 10.2. The number of hydrogen-bond acceptors (Lipinski definition) is 8. The molecule has 0 aliphatic carbocycles. The van der Waals surface area contributed by atoms with Gasteiger partial charge in [-0.15, -0.1) is 10.2 Å². The molecule has 7 nitrogen and oxygen atoms in total. The molecule has 0 aliphatic rings. The van der Waals surface area contributed by atoms with Crippen molar-refractivity contribution < 1.29 is 19.0 Å². The minimum absolute atomic E-state index is 0.0466. The van der Waals surface area contributed by atoms with Crippen molar-refractivity contribution in [2.75, 3.05) is 13.2 Å². The first-order valence-corrected chi connectivity index (χ1v) is 10.5. The SMILES string of the molecule is CC(C)Oc1nc(-c2nnc(-c3cc(F)c(OC[C@H](N)CO)cc3Cl)s2)ccc1Cl. The average Bonchev–Trinajstić information content (AvgIpc) is 3.19. The molecule has 2 aromatic heterocycles.